The minimum atomic E-state index is -0.108. The highest BCUT2D eigenvalue weighted by Gasteiger charge is 2.65. The van der Waals surface area contributed by atoms with Crippen LogP contribution in [0, 0.1) is 11.3 Å². The molecule has 1 aromatic heterocycles. The van der Waals surface area contributed by atoms with Crippen molar-refractivity contribution < 1.29 is 4.74 Å². The quantitative estimate of drug-likeness (QED) is 0.674. The van der Waals surface area contributed by atoms with Crippen molar-refractivity contribution in [3.8, 4) is 0 Å². The number of rotatable bonds is 2. The number of hydrogen-bond donors (Lipinski definition) is 1. The van der Waals surface area contributed by atoms with Crippen LogP contribution in [0.15, 0.2) is 53.8 Å². The highest BCUT2D eigenvalue weighted by atomic mass is 16.5. The van der Waals surface area contributed by atoms with Crippen LogP contribution in [0.3, 0.4) is 0 Å². The zero-order chi connectivity index (χ0) is 21.7. The van der Waals surface area contributed by atoms with E-state index in [2.05, 4.69) is 72.5 Å². The SMILES string of the molecule is CN(C)C1CCC2=CC3=CCC4(C)C(c5ccc6[nH]ncc6c5)=CC[C@H]4[C@@]34CC[C@]2(C1)O4. The second kappa shape index (κ2) is 6.24. The Morgan fingerprint density at radius 2 is 2.09 bits per heavy atom. The number of fused-ring (bicyclic) bond motifs is 2. The predicted octanol–water partition coefficient (Wildman–Crippen LogP) is 5.64. The van der Waals surface area contributed by atoms with Crippen molar-refractivity contribution in [2.75, 3.05) is 14.1 Å². The van der Waals surface area contributed by atoms with Crippen LogP contribution in [0.25, 0.3) is 16.5 Å². The van der Waals surface area contributed by atoms with Gasteiger partial charge in [0, 0.05) is 22.8 Å². The van der Waals surface area contributed by atoms with Crippen molar-refractivity contribution in [1.82, 2.24) is 15.1 Å². The molecule has 32 heavy (non-hydrogen) atoms. The Hall–Kier alpha value is -2.17. The van der Waals surface area contributed by atoms with Crippen LogP contribution in [0.2, 0.25) is 0 Å². The first-order valence-corrected chi connectivity index (χ1v) is 12.4. The van der Waals surface area contributed by atoms with Gasteiger partial charge in [-0.3, -0.25) is 5.10 Å². The molecule has 2 aromatic rings. The van der Waals surface area contributed by atoms with Crippen LogP contribution in [0.1, 0.15) is 57.4 Å². The molecule has 1 N–H and O–H groups in total. The number of nitrogens with zero attached hydrogens (tertiary/aromatic N) is 2. The molecule has 2 spiro atoms. The maximum Gasteiger partial charge on any atom is 0.0980 e. The molecule has 3 heterocycles. The van der Waals surface area contributed by atoms with Gasteiger partial charge in [-0.15, -0.1) is 0 Å². The first kappa shape index (κ1) is 19.3. The summed E-state index contributed by atoms with van der Waals surface area (Å²) in [5.74, 6) is 0.516. The highest BCUT2D eigenvalue weighted by Crippen LogP contribution is 2.67. The van der Waals surface area contributed by atoms with E-state index in [1.165, 1.54) is 47.8 Å². The van der Waals surface area contributed by atoms with Crippen molar-refractivity contribution in [3.63, 3.8) is 0 Å². The van der Waals surface area contributed by atoms with Crippen molar-refractivity contribution in [2.24, 2.45) is 11.3 Å². The monoisotopic (exact) mass is 427 g/mol. The summed E-state index contributed by atoms with van der Waals surface area (Å²) in [4.78, 5) is 2.41. The van der Waals surface area contributed by atoms with Gasteiger partial charge in [-0.2, -0.15) is 5.10 Å². The van der Waals surface area contributed by atoms with E-state index in [0.717, 1.165) is 24.8 Å². The lowest BCUT2D eigenvalue weighted by Gasteiger charge is -2.54. The van der Waals surface area contributed by atoms with E-state index in [9.17, 15) is 0 Å². The Labute approximate surface area is 190 Å². The van der Waals surface area contributed by atoms with E-state index in [1.807, 2.05) is 6.20 Å². The molecular formula is C28H33N3O. The molecule has 4 heteroatoms. The van der Waals surface area contributed by atoms with E-state index in [0.29, 0.717) is 12.0 Å². The van der Waals surface area contributed by atoms with Gasteiger partial charge in [0.2, 0.25) is 0 Å². The molecule has 1 aromatic carbocycles. The van der Waals surface area contributed by atoms with Crippen molar-refractivity contribution >= 4 is 16.5 Å². The first-order valence-electron chi connectivity index (χ1n) is 12.4. The molecule has 0 radical (unpaired) electrons. The summed E-state index contributed by atoms with van der Waals surface area (Å²) in [6.45, 7) is 2.50. The van der Waals surface area contributed by atoms with E-state index in [1.54, 1.807) is 5.57 Å². The predicted molar refractivity (Wildman–Crippen MR) is 128 cm³/mol. The lowest BCUT2D eigenvalue weighted by Crippen LogP contribution is -2.54. The van der Waals surface area contributed by atoms with Crippen LogP contribution in [0.4, 0.5) is 0 Å². The molecule has 3 aliphatic carbocycles. The Bertz CT molecular complexity index is 1220. The third-order valence-electron chi connectivity index (χ3n) is 9.73. The number of ether oxygens (including phenoxy) is 1. The normalized spacial score (nSPS) is 39.9. The summed E-state index contributed by atoms with van der Waals surface area (Å²) in [6.07, 6.45) is 17.7. The standard InChI is InChI=1S/C28H33N3O/c1-26-11-10-21-15-20-5-6-22(31(2)3)16-27(20)12-13-28(21,32-27)25(26)9-7-23(26)18-4-8-24-19(14-18)17-29-30-24/h4,7-8,10,14-15,17,22,25H,5-6,9,11-13,16H2,1-3H3,(H,29,30)/t22?,25-,26?,27-,28-/m1/s1. The van der Waals surface area contributed by atoms with Gasteiger partial charge >= 0.3 is 0 Å². The summed E-state index contributed by atoms with van der Waals surface area (Å²) in [5.41, 5.74) is 7.02. The topological polar surface area (TPSA) is 41.2 Å². The van der Waals surface area contributed by atoms with Crippen molar-refractivity contribution in [3.05, 3.63) is 59.3 Å². The van der Waals surface area contributed by atoms with Gasteiger partial charge in [0.15, 0.2) is 0 Å². The Morgan fingerprint density at radius 1 is 1.19 bits per heavy atom. The number of benzene rings is 1. The van der Waals surface area contributed by atoms with Crippen LogP contribution < -0.4 is 0 Å². The summed E-state index contributed by atoms with van der Waals surface area (Å²) in [5, 5.41) is 8.51. The number of allylic oxidation sites excluding steroid dienone is 3. The number of aromatic nitrogens is 2. The first-order chi connectivity index (χ1) is 15.4. The smallest absolute Gasteiger partial charge is 0.0980 e. The zero-order valence-corrected chi connectivity index (χ0v) is 19.4. The Balaban J connectivity index is 1.29. The van der Waals surface area contributed by atoms with Gasteiger partial charge in [0.25, 0.3) is 0 Å². The molecule has 1 saturated carbocycles. The number of nitrogens with one attached hydrogen (secondary N) is 1. The second-order valence-electron chi connectivity index (χ2n) is 11.4. The minimum Gasteiger partial charge on any atom is -0.359 e. The number of aromatic amines is 1. The lowest BCUT2D eigenvalue weighted by atomic mass is 9.58. The average Bonchev–Trinajstić information content (AvgIpc) is 3.47. The van der Waals surface area contributed by atoms with Gasteiger partial charge in [-0.1, -0.05) is 31.2 Å². The van der Waals surface area contributed by atoms with Gasteiger partial charge < -0.3 is 9.64 Å². The van der Waals surface area contributed by atoms with E-state index < -0.39 is 0 Å². The van der Waals surface area contributed by atoms with Crippen LogP contribution in [0.5, 0.6) is 0 Å². The molecule has 5 atom stereocenters. The van der Waals surface area contributed by atoms with Gasteiger partial charge in [-0.05, 0) is 93.5 Å². The lowest BCUT2D eigenvalue weighted by molar-refractivity contribution is -0.134. The van der Waals surface area contributed by atoms with Crippen molar-refractivity contribution in [2.45, 2.75) is 69.1 Å². The summed E-state index contributed by atoms with van der Waals surface area (Å²) >= 11 is 0. The molecular weight excluding hydrogens is 394 g/mol. The van der Waals surface area contributed by atoms with Crippen LogP contribution in [-0.2, 0) is 4.74 Å². The fourth-order valence-electron chi connectivity index (χ4n) is 7.96. The van der Waals surface area contributed by atoms with Gasteiger partial charge in [-0.25, -0.2) is 0 Å². The summed E-state index contributed by atoms with van der Waals surface area (Å²) in [6, 6.07) is 7.39. The largest absolute Gasteiger partial charge is 0.359 e. The van der Waals surface area contributed by atoms with E-state index >= 15 is 0 Å². The fourth-order valence-corrected chi connectivity index (χ4v) is 7.96. The molecule has 2 aliphatic heterocycles. The number of hydrogen-bond acceptors (Lipinski definition) is 3. The molecule has 4 nitrogen and oxygen atoms in total. The van der Waals surface area contributed by atoms with Gasteiger partial charge in [0.1, 0.15) is 0 Å². The highest BCUT2D eigenvalue weighted by molar-refractivity contribution is 5.85. The van der Waals surface area contributed by atoms with Crippen LogP contribution in [-0.4, -0.2) is 46.4 Å². The van der Waals surface area contributed by atoms with Gasteiger partial charge in [0.05, 0.1) is 22.9 Å². The molecule has 5 aliphatic rings. The maximum absolute atomic E-state index is 7.37. The molecule has 2 fully saturated rings. The third kappa shape index (κ3) is 2.32. The molecule has 0 amide bonds. The maximum atomic E-state index is 7.37. The van der Waals surface area contributed by atoms with Crippen LogP contribution >= 0.6 is 0 Å². The molecule has 2 bridgehead atoms. The third-order valence-corrected chi connectivity index (χ3v) is 9.73. The van der Waals surface area contributed by atoms with Crippen molar-refractivity contribution in [1.29, 1.82) is 0 Å². The molecule has 2 unspecified atom stereocenters. The Morgan fingerprint density at radius 3 is 2.97 bits per heavy atom. The summed E-state index contributed by atoms with van der Waals surface area (Å²) in [7, 11) is 4.47. The van der Waals surface area contributed by atoms with E-state index in [4.69, 9.17) is 4.74 Å². The fraction of sp³-hybridized carbons (Fsp3) is 0.536. The molecule has 166 valence electrons. The minimum absolute atomic E-state index is 0.0266. The average molecular weight is 428 g/mol. The zero-order valence-electron chi connectivity index (χ0n) is 19.4. The molecule has 7 rings (SSSR count). The van der Waals surface area contributed by atoms with E-state index in [-0.39, 0.29) is 16.6 Å². The second-order valence-corrected chi connectivity index (χ2v) is 11.4. The summed E-state index contributed by atoms with van der Waals surface area (Å²) < 4.78 is 7.37. The molecule has 1 saturated heterocycles. The number of H-pyrrole nitrogens is 1. The Kier molecular flexibility index (Phi) is 3.76.